The first-order chi connectivity index (χ1) is 7.58. The normalized spacial score (nSPS) is 14.9. The molecular formula is C12H16N2OS. The summed E-state index contributed by atoms with van der Waals surface area (Å²) in [7, 11) is 0. The Hall–Kier alpha value is -1.16. The van der Waals surface area contributed by atoms with Crippen molar-refractivity contribution in [2.45, 2.75) is 26.7 Å². The van der Waals surface area contributed by atoms with E-state index in [0.29, 0.717) is 10.9 Å². The molecule has 0 radical (unpaired) electrons. The maximum atomic E-state index is 5.78. The Bertz CT molecular complexity index is 427. The van der Waals surface area contributed by atoms with E-state index in [0.717, 1.165) is 29.3 Å². The van der Waals surface area contributed by atoms with Crippen molar-refractivity contribution >= 4 is 17.2 Å². The second-order valence-electron chi connectivity index (χ2n) is 4.34. The van der Waals surface area contributed by atoms with Gasteiger partial charge in [0.25, 0.3) is 0 Å². The summed E-state index contributed by atoms with van der Waals surface area (Å²) in [5.41, 5.74) is 8.26. The van der Waals surface area contributed by atoms with E-state index in [4.69, 9.17) is 22.7 Å². The highest BCUT2D eigenvalue weighted by molar-refractivity contribution is 7.80. The highest BCUT2D eigenvalue weighted by atomic mass is 32.1. The molecule has 1 aromatic heterocycles. The van der Waals surface area contributed by atoms with Gasteiger partial charge in [0.15, 0.2) is 0 Å². The number of nitrogens with two attached hydrogens (primary N) is 1. The lowest BCUT2D eigenvalue weighted by atomic mass is 10.1. The van der Waals surface area contributed by atoms with E-state index >= 15 is 0 Å². The first-order valence-electron chi connectivity index (χ1n) is 5.48. The lowest BCUT2D eigenvalue weighted by Crippen LogP contribution is -2.15. The van der Waals surface area contributed by atoms with Crippen LogP contribution in [0, 0.1) is 19.8 Å². The van der Waals surface area contributed by atoms with Crippen LogP contribution in [0.25, 0.3) is 0 Å². The van der Waals surface area contributed by atoms with E-state index in [9.17, 15) is 0 Å². The van der Waals surface area contributed by atoms with Crippen LogP contribution in [-0.4, -0.2) is 16.6 Å². The van der Waals surface area contributed by atoms with Crippen LogP contribution < -0.4 is 10.5 Å². The van der Waals surface area contributed by atoms with E-state index < -0.39 is 0 Å². The molecule has 0 aliphatic heterocycles. The predicted octanol–water partition coefficient (Wildman–Crippen LogP) is 2.12. The lowest BCUT2D eigenvalue weighted by Gasteiger charge is -2.13. The molecular weight excluding hydrogens is 220 g/mol. The Morgan fingerprint density at radius 1 is 1.56 bits per heavy atom. The number of pyridine rings is 1. The Balaban J connectivity index is 2.27. The van der Waals surface area contributed by atoms with Crippen LogP contribution >= 0.6 is 12.2 Å². The molecule has 1 aliphatic carbocycles. The molecule has 0 aromatic carbocycles. The highest BCUT2D eigenvalue weighted by Crippen LogP contribution is 2.31. The third-order valence-corrected chi connectivity index (χ3v) is 2.91. The zero-order valence-corrected chi connectivity index (χ0v) is 10.4. The van der Waals surface area contributed by atoms with Crippen LogP contribution in [0.3, 0.4) is 0 Å². The van der Waals surface area contributed by atoms with Crippen molar-refractivity contribution in [2.75, 3.05) is 6.61 Å². The minimum absolute atomic E-state index is 0.357. The lowest BCUT2D eigenvalue weighted by molar-refractivity contribution is 0.298. The third-order valence-electron chi connectivity index (χ3n) is 2.71. The van der Waals surface area contributed by atoms with E-state index in [1.54, 1.807) is 0 Å². The van der Waals surface area contributed by atoms with Crippen LogP contribution in [0.1, 0.15) is 29.8 Å². The van der Waals surface area contributed by atoms with Gasteiger partial charge >= 0.3 is 0 Å². The summed E-state index contributed by atoms with van der Waals surface area (Å²) in [6.45, 7) is 4.62. The average Bonchev–Trinajstić information content (AvgIpc) is 2.95. The molecule has 0 atom stereocenters. The van der Waals surface area contributed by atoms with Gasteiger partial charge in [0.1, 0.15) is 10.7 Å². The van der Waals surface area contributed by atoms with Gasteiger partial charge in [0, 0.05) is 11.8 Å². The van der Waals surface area contributed by atoms with Gasteiger partial charge in [-0.15, -0.1) is 0 Å². The van der Waals surface area contributed by atoms with Crippen LogP contribution in [0.15, 0.2) is 6.07 Å². The van der Waals surface area contributed by atoms with Gasteiger partial charge in [-0.25, -0.2) is 0 Å². The standard InChI is InChI=1S/C12H16N2OS/c1-7-5-10(15-6-9-3-4-9)11(12(13)16)8(2)14-7/h5,9H,3-4,6H2,1-2H3,(H2,13,16). The fraction of sp³-hybridized carbons (Fsp3) is 0.500. The van der Waals surface area contributed by atoms with Crippen molar-refractivity contribution in [3.63, 3.8) is 0 Å². The SMILES string of the molecule is Cc1cc(OCC2CC2)c(C(N)=S)c(C)n1. The monoisotopic (exact) mass is 236 g/mol. The molecule has 1 saturated carbocycles. The minimum atomic E-state index is 0.357. The summed E-state index contributed by atoms with van der Waals surface area (Å²) < 4.78 is 5.78. The quantitative estimate of drug-likeness (QED) is 0.814. The number of hydrogen-bond donors (Lipinski definition) is 1. The summed E-state index contributed by atoms with van der Waals surface area (Å²) in [5.74, 6) is 1.50. The zero-order valence-electron chi connectivity index (χ0n) is 9.62. The van der Waals surface area contributed by atoms with Gasteiger partial charge in [-0.1, -0.05) is 12.2 Å². The van der Waals surface area contributed by atoms with Crippen molar-refractivity contribution in [1.29, 1.82) is 0 Å². The summed E-state index contributed by atoms with van der Waals surface area (Å²) in [5, 5.41) is 0. The zero-order chi connectivity index (χ0) is 11.7. The number of ether oxygens (including phenoxy) is 1. The minimum Gasteiger partial charge on any atom is -0.492 e. The van der Waals surface area contributed by atoms with Crippen LogP contribution in [-0.2, 0) is 0 Å². The summed E-state index contributed by atoms with van der Waals surface area (Å²) >= 11 is 5.03. The van der Waals surface area contributed by atoms with Crippen molar-refractivity contribution in [2.24, 2.45) is 11.7 Å². The molecule has 86 valence electrons. The highest BCUT2D eigenvalue weighted by Gasteiger charge is 2.23. The maximum absolute atomic E-state index is 5.78. The fourth-order valence-electron chi connectivity index (χ4n) is 1.70. The molecule has 2 rings (SSSR count). The van der Waals surface area contributed by atoms with Crippen molar-refractivity contribution in [3.8, 4) is 5.75 Å². The molecule has 1 aliphatic rings. The molecule has 4 heteroatoms. The van der Waals surface area contributed by atoms with Crippen LogP contribution in [0.2, 0.25) is 0 Å². The van der Waals surface area contributed by atoms with E-state index in [1.165, 1.54) is 12.8 Å². The number of thiocarbonyl (C=S) groups is 1. The van der Waals surface area contributed by atoms with Crippen molar-refractivity contribution < 1.29 is 4.74 Å². The average molecular weight is 236 g/mol. The van der Waals surface area contributed by atoms with Crippen molar-refractivity contribution in [3.05, 3.63) is 23.0 Å². The molecule has 0 saturated heterocycles. The molecule has 3 nitrogen and oxygen atoms in total. The summed E-state index contributed by atoms with van der Waals surface area (Å²) in [4.78, 5) is 4.71. The second-order valence-corrected chi connectivity index (χ2v) is 4.78. The Morgan fingerprint density at radius 2 is 2.25 bits per heavy atom. The van der Waals surface area contributed by atoms with E-state index in [2.05, 4.69) is 4.98 Å². The molecule has 0 spiro atoms. The topological polar surface area (TPSA) is 48.1 Å². The second kappa shape index (κ2) is 4.37. The van der Waals surface area contributed by atoms with E-state index in [-0.39, 0.29) is 0 Å². The number of rotatable bonds is 4. The molecule has 1 aromatic rings. The van der Waals surface area contributed by atoms with Gasteiger partial charge in [0.2, 0.25) is 0 Å². The van der Waals surface area contributed by atoms with Gasteiger partial charge < -0.3 is 10.5 Å². The fourth-order valence-corrected chi connectivity index (χ4v) is 1.95. The summed E-state index contributed by atoms with van der Waals surface area (Å²) in [6, 6.07) is 1.91. The Morgan fingerprint density at radius 3 is 2.81 bits per heavy atom. The number of aryl methyl sites for hydroxylation is 2. The van der Waals surface area contributed by atoms with Gasteiger partial charge in [-0.3, -0.25) is 4.98 Å². The molecule has 1 fully saturated rings. The molecule has 0 unspecified atom stereocenters. The van der Waals surface area contributed by atoms with Gasteiger partial charge in [-0.05, 0) is 32.6 Å². The number of aromatic nitrogens is 1. The van der Waals surface area contributed by atoms with Crippen LogP contribution in [0.4, 0.5) is 0 Å². The van der Waals surface area contributed by atoms with Gasteiger partial charge in [0.05, 0.1) is 17.9 Å². The Labute approximate surface area is 101 Å². The number of hydrogen-bond acceptors (Lipinski definition) is 3. The molecule has 0 amide bonds. The number of nitrogens with zero attached hydrogens (tertiary/aromatic N) is 1. The molecule has 1 heterocycles. The maximum Gasteiger partial charge on any atom is 0.133 e. The van der Waals surface area contributed by atoms with Crippen molar-refractivity contribution in [1.82, 2.24) is 4.98 Å². The third kappa shape index (κ3) is 2.50. The van der Waals surface area contributed by atoms with Crippen LogP contribution in [0.5, 0.6) is 5.75 Å². The smallest absolute Gasteiger partial charge is 0.133 e. The molecule has 2 N–H and O–H groups in total. The summed E-state index contributed by atoms with van der Waals surface area (Å²) in [6.07, 6.45) is 2.54. The van der Waals surface area contributed by atoms with Gasteiger partial charge in [-0.2, -0.15) is 0 Å². The molecule has 0 bridgehead atoms. The largest absolute Gasteiger partial charge is 0.492 e. The molecule has 16 heavy (non-hydrogen) atoms. The first-order valence-corrected chi connectivity index (χ1v) is 5.89. The Kier molecular flexibility index (Phi) is 3.10. The predicted molar refractivity (Wildman–Crippen MR) is 67.8 cm³/mol. The van der Waals surface area contributed by atoms with E-state index in [1.807, 2.05) is 19.9 Å². The first kappa shape index (κ1) is 11.3.